The highest BCUT2D eigenvalue weighted by Gasteiger charge is 2.14. The van der Waals surface area contributed by atoms with Crippen molar-refractivity contribution in [2.24, 2.45) is 0 Å². The maximum atomic E-state index is 11.9. The highest BCUT2D eigenvalue weighted by molar-refractivity contribution is 9.10. The molecule has 0 amide bonds. The molecular weight excluding hydrogens is 420 g/mol. The van der Waals surface area contributed by atoms with Crippen LogP contribution in [-0.4, -0.2) is 20.7 Å². The van der Waals surface area contributed by atoms with Gasteiger partial charge in [0.2, 0.25) is 0 Å². The van der Waals surface area contributed by atoms with Crippen molar-refractivity contribution in [1.82, 2.24) is 0 Å². The Labute approximate surface area is 172 Å². The van der Waals surface area contributed by atoms with E-state index in [0.717, 1.165) is 40.2 Å². The molecule has 0 fully saturated rings. The molecule has 3 nitrogen and oxygen atoms in total. The predicted molar refractivity (Wildman–Crippen MR) is 117 cm³/mol. The normalized spacial score (nSPS) is 11.3. The number of carbonyl (C=O) groups excluding carboxylic acids is 1. The monoisotopic (exact) mass is 448 g/mol. The van der Waals surface area contributed by atoms with E-state index in [-0.39, 0.29) is 5.97 Å². The Morgan fingerprint density at radius 3 is 2.52 bits per heavy atom. The Bertz CT molecular complexity index is 726. The summed E-state index contributed by atoms with van der Waals surface area (Å²) in [6, 6.07) is 17.2. The van der Waals surface area contributed by atoms with E-state index in [1.165, 1.54) is 0 Å². The van der Waals surface area contributed by atoms with E-state index < -0.39 is 8.07 Å². The van der Waals surface area contributed by atoms with Gasteiger partial charge in [-0.05, 0) is 48.2 Å². The highest BCUT2D eigenvalue weighted by Crippen LogP contribution is 2.26. The lowest BCUT2D eigenvalue weighted by Crippen LogP contribution is -2.22. The van der Waals surface area contributed by atoms with Crippen LogP contribution >= 0.6 is 15.9 Å². The largest absolute Gasteiger partial charge is 0.489 e. The first-order chi connectivity index (χ1) is 12.8. The maximum absolute atomic E-state index is 11.9. The van der Waals surface area contributed by atoms with Gasteiger partial charge in [-0.25, -0.2) is 0 Å². The minimum atomic E-state index is -1.16. The number of carbonyl (C=O) groups is 1. The first-order valence-corrected chi connectivity index (χ1v) is 13.9. The molecular formula is C22H29BrO3Si. The Hall–Kier alpha value is -1.59. The number of esters is 1. The summed E-state index contributed by atoms with van der Waals surface area (Å²) in [7, 11) is -1.16. The molecule has 0 aromatic heterocycles. The average molecular weight is 449 g/mol. The van der Waals surface area contributed by atoms with Crippen LogP contribution in [0.15, 0.2) is 53.0 Å². The van der Waals surface area contributed by atoms with Crippen LogP contribution in [0.2, 0.25) is 25.7 Å². The third-order valence-electron chi connectivity index (χ3n) is 4.20. The highest BCUT2D eigenvalue weighted by atomic mass is 79.9. The number of ether oxygens (including phenoxy) is 2. The van der Waals surface area contributed by atoms with E-state index in [1.807, 2.05) is 30.3 Å². The Morgan fingerprint density at radius 2 is 1.81 bits per heavy atom. The number of rotatable bonds is 10. The molecule has 0 saturated heterocycles. The molecule has 0 N–H and O–H groups in total. The van der Waals surface area contributed by atoms with Crippen molar-refractivity contribution in [2.75, 3.05) is 6.61 Å². The summed E-state index contributed by atoms with van der Waals surface area (Å²) in [5, 5.41) is 0. The smallest absolute Gasteiger partial charge is 0.305 e. The molecule has 0 radical (unpaired) electrons. The van der Waals surface area contributed by atoms with Gasteiger partial charge in [0.15, 0.2) is 0 Å². The van der Waals surface area contributed by atoms with Gasteiger partial charge in [0.1, 0.15) is 12.4 Å². The Kier molecular flexibility index (Phi) is 8.57. The molecule has 2 aromatic carbocycles. The molecule has 0 spiro atoms. The zero-order valence-electron chi connectivity index (χ0n) is 16.5. The second-order valence-corrected chi connectivity index (χ2v) is 14.4. The van der Waals surface area contributed by atoms with Crippen molar-refractivity contribution in [3.05, 3.63) is 64.1 Å². The fourth-order valence-electron chi connectivity index (χ4n) is 2.59. The second-order valence-electron chi connectivity index (χ2n) is 7.91. The first-order valence-electron chi connectivity index (χ1n) is 9.44. The zero-order valence-corrected chi connectivity index (χ0v) is 19.1. The second kappa shape index (κ2) is 10.7. The molecule has 2 aromatic rings. The lowest BCUT2D eigenvalue weighted by Gasteiger charge is -2.15. The SMILES string of the molecule is C[Si](C)(C)CCOC(=O)CCCc1cc(Br)ccc1OCc1ccccc1. The first kappa shape index (κ1) is 21.7. The van der Waals surface area contributed by atoms with Gasteiger partial charge in [-0.15, -0.1) is 0 Å². The van der Waals surface area contributed by atoms with Crippen molar-refractivity contribution < 1.29 is 14.3 Å². The van der Waals surface area contributed by atoms with Crippen molar-refractivity contribution >= 4 is 30.0 Å². The summed E-state index contributed by atoms with van der Waals surface area (Å²) in [5.41, 5.74) is 2.24. The molecule has 0 aliphatic rings. The molecule has 27 heavy (non-hydrogen) atoms. The Morgan fingerprint density at radius 1 is 1.07 bits per heavy atom. The fourth-order valence-corrected chi connectivity index (χ4v) is 3.71. The lowest BCUT2D eigenvalue weighted by atomic mass is 10.1. The van der Waals surface area contributed by atoms with E-state index in [2.05, 4.69) is 53.8 Å². The maximum Gasteiger partial charge on any atom is 0.305 e. The van der Waals surface area contributed by atoms with E-state index in [1.54, 1.807) is 0 Å². The Balaban J connectivity index is 1.82. The van der Waals surface area contributed by atoms with E-state index in [9.17, 15) is 4.79 Å². The van der Waals surface area contributed by atoms with Crippen molar-refractivity contribution in [2.45, 2.75) is 51.6 Å². The van der Waals surface area contributed by atoms with Gasteiger partial charge in [0.25, 0.3) is 0 Å². The predicted octanol–water partition coefficient (Wildman–Crippen LogP) is 6.23. The van der Waals surface area contributed by atoms with Crippen LogP contribution in [0.4, 0.5) is 0 Å². The van der Waals surface area contributed by atoms with Crippen LogP contribution in [0.1, 0.15) is 24.0 Å². The number of aryl methyl sites for hydroxylation is 1. The standard InChI is InChI=1S/C22H29BrO3Si/c1-27(2,3)15-14-25-22(24)11-7-10-19-16-20(23)12-13-21(19)26-17-18-8-5-4-6-9-18/h4-6,8-9,12-13,16H,7,10-11,14-15,17H2,1-3H3. The van der Waals surface area contributed by atoms with Crippen LogP contribution < -0.4 is 4.74 Å². The van der Waals surface area contributed by atoms with Gasteiger partial charge in [0.05, 0.1) is 6.61 Å². The van der Waals surface area contributed by atoms with Crippen LogP contribution in [0.3, 0.4) is 0 Å². The summed E-state index contributed by atoms with van der Waals surface area (Å²) in [5.74, 6) is 0.768. The van der Waals surface area contributed by atoms with Crippen molar-refractivity contribution in [3.63, 3.8) is 0 Å². The third kappa shape index (κ3) is 8.76. The number of hydrogen-bond acceptors (Lipinski definition) is 3. The minimum absolute atomic E-state index is 0.102. The van der Waals surface area contributed by atoms with Gasteiger partial charge in [0, 0.05) is 19.0 Å². The molecule has 0 heterocycles. The topological polar surface area (TPSA) is 35.5 Å². The van der Waals surface area contributed by atoms with E-state index in [4.69, 9.17) is 9.47 Å². The molecule has 0 atom stereocenters. The lowest BCUT2D eigenvalue weighted by molar-refractivity contribution is -0.143. The van der Waals surface area contributed by atoms with Gasteiger partial charge in [-0.3, -0.25) is 4.79 Å². The molecule has 0 saturated carbocycles. The van der Waals surface area contributed by atoms with E-state index >= 15 is 0 Å². The molecule has 0 bridgehead atoms. The van der Waals surface area contributed by atoms with Crippen molar-refractivity contribution in [1.29, 1.82) is 0 Å². The zero-order chi connectivity index (χ0) is 19.7. The van der Waals surface area contributed by atoms with E-state index in [0.29, 0.717) is 19.6 Å². The van der Waals surface area contributed by atoms with Crippen molar-refractivity contribution in [3.8, 4) is 5.75 Å². The molecule has 2 rings (SSSR count). The van der Waals surface area contributed by atoms with Crippen LogP contribution in [0.25, 0.3) is 0 Å². The van der Waals surface area contributed by atoms with Gasteiger partial charge < -0.3 is 9.47 Å². The summed E-state index contributed by atoms with van der Waals surface area (Å²) in [4.78, 5) is 11.9. The molecule has 146 valence electrons. The summed E-state index contributed by atoms with van der Waals surface area (Å²) >= 11 is 3.52. The van der Waals surface area contributed by atoms with Crippen LogP contribution in [0.5, 0.6) is 5.75 Å². The van der Waals surface area contributed by atoms with Gasteiger partial charge >= 0.3 is 5.97 Å². The third-order valence-corrected chi connectivity index (χ3v) is 6.40. The average Bonchev–Trinajstić information content (AvgIpc) is 2.61. The van der Waals surface area contributed by atoms with Crippen LogP contribution in [0, 0.1) is 0 Å². The number of hydrogen-bond donors (Lipinski definition) is 0. The molecule has 0 aliphatic heterocycles. The van der Waals surface area contributed by atoms with Crippen LogP contribution in [-0.2, 0) is 22.6 Å². The van der Waals surface area contributed by atoms with Gasteiger partial charge in [-0.1, -0.05) is 65.9 Å². The minimum Gasteiger partial charge on any atom is -0.489 e. The molecule has 0 unspecified atom stereocenters. The number of benzene rings is 2. The quantitative estimate of drug-likeness (QED) is 0.319. The summed E-state index contributed by atoms with van der Waals surface area (Å²) in [6.45, 7) is 7.94. The molecule has 0 aliphatic carbocycles. The molecule has 5 heteroatoms. The summed E-state index contributed by atoms with van der Waals surface area (Å²) in [6.07, 6.45) is 1.98. The summed E-state index contributed by atoms with van der Waals surface area (Å²) < 4.78 is 12.4. The fraction of sp³-hybridized carbons (Fsp3) is 0.409. The van der Waals surface area contributed by atoms with Gasteiger partial charge in [-0.2, -0.15) is 0 Å². The number of halogens is 1.